The molecule has 7 heteroatoms. The molecule has 1 aromatic carbocycles. The van der Waals surface area contributed by atoms with Crippen molar-refractivity contribution in [3.8, 4) is 0 Å². The van der Waals surface area contributed by atoms with Gasteiger partial charge >= 0.3 is 11.9 Å². The minimum absolute atomic E-state index is 0. The maximum absolute atomic E-state index is 13.6. The highest BCUT2D eigenvalue weighted by Crippen LogP contribution is 2.18. The molecule has 1 unspecified atom stereocenters. The van der Waals surface area contributed by atoms with E-state index < -0.39 is 24.2 Å². The Bertz CT molecular complexity index is 438. The summed E-state index contributed by atoms with van der Waals surface area (Å²) < 4.78 is 18.1. The fraction of sp³-hybridized carbons (Fsp3) is 0.333. The van der Waals surface area contributed by atoms with Crippen molar-refractivity contribution in [2.75, 3.05) is 6.61 Å². The van der Waals surface area contributed by atoms with E-state index in [9.17, 15) is 14.0 Å². The lowest BCUT2D eigenvalue weighted by molar-refractivity contribution is -0.149. The van der Waals surface area contributed by atoms with Crippen LogP contribution in [-0.4, -0.2) is 29.8 Å². The minimum Gasteiger partial charge on any atom is -0.478 e. The van der Waals surface area contributed by atoms with E-state index in [1.807, 2.05) is 0 Å². The molecule has 0 aliphatic rings. The Morgan fingerprint density at radius 3 is 2.32 bits per heavy atom. The fourth-order valence-corrected chi connectivity index (χ4v) is 1.39. The maximum atomic E-state index is 13.6. The summed E-state index contributed by atoms with van der Waals surface area (Å²) in [6.07, 6.45) is -1.97. The Kier molecular flexibility index (Phi) is 7.03. The molecule has 0 aliphatic heterocycles. The SMILES string of the molecule is CCOC(=O)C(F)[C@@H](N)c1ccc(C(=O)O)cc1.Cl. The van der Waals surface area contributed by atoms with Crippen molar-refractivity contribution in [2.45, 2.75) is 19.1 Å². The van der Waals surface area contributed by atoms with E-state index >= 15 is 0 Å². The van der Waals surface area contributed by atoms with E-state index in [0.717, 1.165) is 0 Å². The molecule has 0 spiro atoms. The van der Waals surface area contributed by atoms with Crippen LogP contribution in [0.15, 0.2) is 24.3 Å². The molecule has 0 saturated heterocycles. The first-order chi connectivity index (χ1) is 8.47. The molecule has 106 valence electrons. The summed E-state index contributed by atoms with van der Waals surface area (Å²) in [5, 5.41) is 8.70. The Balaban J connectivity index is 0.00000324. The van der Waals surface area contributed by atoms with Gasteiger partial charge in [-0.2, -0.15) is 0 Å². The first-order valence-corrected chi connectivity index (χ1v) is 5.37. The van der Waals surface area contributed by atoms with Crippen LogP contribution in [0, 0.1) is 0 Å². The molecule has 19 heavy (non-hydrogen) atoms. The standard InChI is InChI=1S/C12H14FNO4.ClH/c1-2-18-12(17)9(13)10(14)7-3-5-8(6-4-7)11(15)16;/h3-6,9-10H,2,14H2,1H3,(H,15,16);1H/t9?,10-;/m0./s1. The zero-order valence-corrected chi connectivity index (χ0v) is 11.0. The summed E-state index contributed by atoms with van der Waals surface area (Å²) in [5.74, 6) is -2.11. The Hall–Kier alpha value is -1.66. The number of aromatic carboxylic acids is 1. The number of hydrogen-bond donors (Lipinski definition) is 2. The number of carbonyl (C=O) groups excluding carboxylic acids is 1. The number of carboxylic acids is 1. The van der Waals surface area contributed by atoms with Gasteiger partial charge in [-0.05, 0) is 24.6 Å². The first kappa shape index (κ1) is 17.3. The number of ether oxygens (including phenoxy) is 1. The first-order valence-electron chi connectivity index (χ1n) is 5.37. The molecular weight excluding hydrogens is 277 g/mol. The van der Waals surface area contributed by atoms with Gasteiger partial charge in [-0.25, -0.2) is 14.0 Å². The Labute approximate surface area is 116 Å². The number of rotatable bonds is 5. The lowest BCUT2D eigenvalue weighted by atomic mass is 10.0. The Morgan fingerprint density at radius 2 is 1.89 bits per heavy atom. The smallest absolute Gasteiger partial charge is 0.342 e. The van der Waals surface area contributed by atoms with Crippen LogP contribution in [0.2, 0.25) is 0 Å². The summed E-state index contributed by atoms with van der Waals surface area (Å²) >= 11 is 0. The average Bonchev–Trinajstić information content (AvgIpc) is 2.37. The number of esters is 1. The fourth-order valence-electron chi connectivity index (χ4n) is 1.39. The van der Waals surface area contributed by atoms with Gasteiger partial charge in [0, 0.05) is 0 Å². The molecule has 0 heterocycles. The van der Waals surface area contributed by atoms with Gasteiger partial charge in [0.25, 0.3) is 0 Å². The molecule has 0 aromatic heterocycles. The normalized spacial score (nSPS) is 13.0. The quantitative estimate of drug-likeness (QED) is 0.806. The zero-order valence-electron chi connectivity index (χ0n) is 10.2. The van der Waals surface area contributed by atoms with Crippen molar-refractivity contribution in [3.05, 3.63) is 35.4 Å². The number of benzene rings is 1. The topological polar surface area (TPSA) is 89.6 Å². The number of carboxylic acid groups (broad SMARTS) is 1. The molecule has 0 aliphatic carbocycles. The van der Waals surface area contributed by atoms with Crippen molar-refractivity contribution in [2.24, 2.45) is 5.73 Å². The van der Waals surface area contributed by atoms with Gasteiger partial charge < -0.3 is 15.6 Å². The van der Waals surface area contributed by atoms with Crippen molar-refractivity contribution < 1.29 is 23.8 Å². The molecule has 0 fully saturated rings. The van der Waals surface area contributed by atoms with Crippen LogP contribution >= 0.6 is 12.4 Å². The summed E-state index contributed by atoms with van der Waals surface area (Å²) in [6.45, 7) is 1.64. The number of alkyl halides is 1. The van der Waals surface area contributed by atoms with E-state index in [1.54, 1.807) is 6.92 Å². The van der Waals surface area contributed by atoms with Gasteiger partial charge in [-0.15, -0.1) is 12.4 Å². The third kappa shape index (κ3) is 4.50. The van der Waals surface area contributed by atoms with Gasteiger partial charge in [0.15, 0.2) is 0 Å². The van der Waals surface area contributed by atoms with Gasteiger partial charge in [-0.1, -0.05) is 12.1 Å². The van der Waals surface area contributed by atoms with E-state index in [-0.39, 0.29) is 24.6 Å². The molecular formula is C12H15ClFNO4. The van der Waals surface area contributed by atoms with Crippen LogP contribution < -0.4 is 5.73 Å². The summed E-state index contributed by atoms with van der Waals surface area (Å²) in [6, 6.07) is 4.18. The van der Waals surface area contributed by atoms with Crippen LogP contribution in [-0.2, 0) is 9.53 Å². The summed E-state index contributed by atoms with van der Waals surface area (Å²) in [4.78, 5) is 21.8. The van der Waals surface area contributed by atoms with Crippen molar-refractivity contribution in [1.29, 1.82) is 0 Å². The minimum atomic E-state index is -1.97. The van der Waals surface area contributed by atoms with Crippen molar-refractivity contribution in [3.63, 3.8) is 0 Å². The summed E-state index contributed by atoms with van der Waals surface area (Å²) in [7, 11) is 0. The number of halogens is 2. The highest BCUT2D eigenvalue weighted by molar-refractivity contribution is 5.87. The van der Waals surface area contributed by atoms with Crippen molar-refractivity contribution in [1.82, 2.24) is 0 Å². The van der Waals surface area contributed by atoms with Crippen LogP contribution in [0.5, 0.6) is 0 Å². The lowest BCUT2D eigenvalue weighted by Gasteiger charge is -2.15. The second kappa shape index (κ2) is 7.70. The van der Waals surface area contributed by atoms with Gasteiger partial charge in [-0.3, -0.25) is 0 Å². The summed E-state index contributed by atoms with van der Waals surface area (Å²) in [5.41, 5.74) is 5.97. The average molecular weight is 292 g/mol. The largest absolute Gasteiger partial charge is 0.478 e. The maximum Gasteiger partial charge on any atom is 0.342 e. The van der Waals surface area contributed by atoms with E-state index in [2.05, 4.69) is 4.74 Å². The molecule has 3 N–H and O–H groups in total. The monoisotopic (exact) mass is 291 g/mol. The highest BCUT2D eigenvalue weighted by Gasteiger charge is 2.27. The predicted molar refractivity (Wildman–Crippen MR) is 69.1 cm³/mol. The number of nitrogens with two attached hydrogens (primary N) is 1. The number of hydrogen-bond acceptors (Lipinski definition) is 4. The van der Waals surface area contributed by atoms with Crippen LogP contribution in [0.25, 0.3) is 0 Å². The zero-order chi connectivity index (χ0) is 13.7. The second-order valence-electron chi connectivity index (χ2n) is 3.61. The molecule has 1 aromatic rings. The van der Waals surface area contributed by atoms with Crippen LogP contribution in [0.3, 0.4) is 0 Å². The van der Waals surface area contributed by atoms with E-state index in [0.29, 0.717) is 5.56 Å². The molecule has 0 radical (unpaired) electrons. The van der Waals surface area contributed by atoms with Gasteiger partial charge in [0.2, 0.25) is 6.17 Å². The molecule has 1 rings (SSSR count). The van der Waals surface area contributed by atoms with Crippen molar-refractivity contribution >= 4 is 24.3 Å². The number of carbonyl (C=O) groups is 2. The predicted octanol–water partition coefficient (Wildman–Crippen LogP) is 1.71. The molecule has 5 nitrogen and oxygen atoms in total. The van der Waals surface area contributed by atoms with Crippen LogP contribution in [0.1, 0.15) is 28.9 Å². The van der Waals surface area contributed by atoms with E-state index in [1.165, 1.54) is 24.3 Å². The van der Waals surface area contributed by atoms with E-state index in [4.69, 9.17) is 10.8 Å². The molecule has 0 bridgehead atoms. The van der Waals surface area contributed by atoms with Gasteiger partial charge in [0.1, 0.15) is 0 Å². The lowest BCUT2D eigenvalue weighted by Crippen LogP contribution is -2.31. The highest BCUT2D eigenvalue weighted by atomic mass is 35.5. The van der Waals surface area contributed by atoms with Gasteiger partial charge in [0.05, 0.1) is 18.2 Å². The van der Waals surface area contributed by atoms with Crippen LogP contribution in [0.4, 0.5) is 4.39 Å². The second-order valence-corrected chi connectivity index (χ2v) is 3.61. The molecule has 0 saturated carbocycles. The molecule has 2 atom stereocenters. The molecule has 0 amide bonds. The third-order valence-corrected chi connectivity index (χ3v) is 2.37. The third-order valence-electron chi connectivity index (χ3n) is 2.37. The Morgan fingerprint density at radius 1 is 1.37 bits per heavy atom.